The van der Waals surface area contributed by atoms with E-state index in [9.17, 15) is 4.79 Å². The van der Waals surface area contributed by atoms with E-state index in [2.05, 4.69) is 92.0 Å². The molecular weight excluding hydrogens is 368 g/mol. The average molecular weight is 401 g/mol. The Labute approximate surface area is 180 Å². The first kappa shape index (κ1) is 20.6. The summed E-state index contributed by atoms with van der Waals surface area (Å²) in [6.45, 7) is 8.73. The minimum atomic E-state index is -0.167. The molecule has 1 heterocycles. The number of benzene rings is 3. The highest BCUT2D eigenvalue weighted by Gasteiger charge is 2.40. The molecule has 0 saturated carbocycles. The van der Waals surface area contributed by atoms with Gasteiger partial charge in [0, 0.05) is 31.5 Å². The van der Waals surface area contributed by atoms with E-state index in [1.165, 1.54) is 21.9 Å². The minimum absolute atomic E-state index is 0.167. The fourth-order valence-corrected chi connectivity index (χ4v) is 5.31. The summed E-state index contributed by atoms with van der Waals surface area (Å²) in [6.07, 6.45) is 0.984. The molecule has 0 spiro atoms. The van der Waals surface area contributed by atoms with E-state index in [-0.39, 0.29) is 11.4 Å². The number of carbonyl (C=O) groups is 1. The van der Waals surface area contributed by atoms with Gasteiger partial charge in [0.05, 0.1) is 0 Å². The zero-order valence-corrected chi connectivity index (χ0v) is 18.3. The van der Waals surface area contributed by atoms with Crippen molar-refractivity contribution < 1.29 is 4.79 Å². The van der Waals surface area contributed by atoms with Gasteiger partial charge in [-0.2, -0.15) is 0 Å². The van der Waals surface area contributed by atoms with Crippen LogP contribution in [0.5, 0.6) is 0 Å². The van der Waals surface area contributed by atoms with Crippen molar-refractivity contribution in [2.24, 2.45) is 5.92 Å². The maximum atomic E-state index is 12.2. The molecule has 1 N–H and O–H groups in total. The molecule has 1 aliphatic rings. The van der Waals surface area contributed by atoms with Gasteiger partial charge in [0.1, 0.15) is 0 Å². The molecule has 0 aliphatic carbocycles. The van der Waals surface area contributed by atoms with E-state index in [1.807, 2.05) is 4.90 Å². The smallest absolute Gasteiger partial charge is 0.219 e. The lowest BCUT2D eigenvalue weighted by Gasteiger charge is -2.36. The molecule has 156 valence electrons. The Bertz CT molecular complexity index is 1010. The summed E-state index contributed by atoms with van der Waals surface area (Å²) in [4.78, 5) is 14.2. The predicted octanol–water partition coefficient (Wildman–Crippen LogP) is 5.32. The lowest BCUT2D eigenvalue weighted by Crippen LogP contribution is -2.42. The number of carbonyl (C=O) groups excluding carboxylic acids is 1. The van der Waals surface area contributed by atoms with Gasteiger partial charge >= 0.3 is 0 Å². The van der Waals surface area contributed by atoms with E-state index in [4.69, 9.17) is 0 Å². The Morgan fingerprint density at radius 3 is 2.43 bits per heavy atom. The number of amides is 1. The van der Waals surface area contributed by atoms with Crippen LogP contribution in [0.1, 0.15) is 44.2 Å². The van der Waals surface area contributed by atoms with E-state index in [0.29, 0.717) is 11.8 Å². The third kappa shape index (κ3) is 3.99. The van der Waals surface area contributed by atoms with Crippen LogP contribution in [0.2, 0.25) is 0 Å². The molecule has 1 unspecified atom stereocenters. The fraction of sp³-hybridized carbons (Fsp3) is 0.370. The normalized spacial score (nSPS) is 21.0. The van der Waals surface area contributed by atoms with Crippen molar-refractivity contribution in [2.45, 2.75) is 38.6 Å². The van der Waals surface area contributed by atoms with Gasteiger partial charge in [-0.25, -0.2) is 0 Å². The van der Waals surface area contributed by atoms with Crippen LogP contribution in [0.25, 0.3) is 10.8 Å². The Kier molecular flexibility index (Phi) is 5.92. The molecule has 1 fully saturated rings. The molecule has 3 aromatic rings. The SMILES string of the molecule is CCNC(C)(C[C@@H]1CN(C(C)=O)C[C@@H]1c1ccccc1)c1cccc2ccccc12. The second-order valence-electron chi connectivity index (χ2n) is 8.79. The second-order valence-corrected chi connectivity index (χ2v) is 8.79. The molecule has 1 amide bonds. The number of nitrogens with one attached hydrogen (secondary N) is 1. The van der Waals surface area contributed by atoms with Gasteiger partial charge in [-0.05, 0) is 47.7 Å². The van der Waals surface area contributed by atoms with E-state index in [0.717, 1.165) is 26.1 Å². The van der Waals surface area contributed by atoms with Crippen LogP contribution in [-0.2, 0) is 10.3 Å². The highest BCUT2D eigenvalue weighted by molar-refractivity contribution is 5.86. The first-order valence-corrected chi connectivity index (χ1v) is 11.1. The van der Waals surface area contributed by atoms with Gasteiger partial charge in [0.2, 0.25) is 5.91 Å². The summed E-state index contributed by atoms with van der Waals surface area (Å²) in [5.74, 6) is 0.941. The van der Waals surface area contributed by atoms with Gasteiger partial charge in [0.15, 0.2) is 0 Å². The zero-order valence-electron chi connectivity index (χ0n) is 18.3. The molecule has 3 nitrogen and oxygen atoms in total. The van der Waals surface area contributed by atoms with Gasteiger partial charge in [0.25, 0.3) is 0 Å². The van der Waals surface area contributed by atoms with Crippen molar-refractivity contribution in [2.75, 3.05) is 19.6 Å². The molecule has 3 heteroatoms. The van der Waals surface area contributed by atoms with Crippen LogP contribution >= 0.6 is 0 Å². The van der Waals surface area contributed by atoms with Crippen molar-refractivity contribution in [1.82, 2.24) is 10.2 Å². The Balaban J connectivity index is 1.72. The minimum Gasteiger partial charge on any atom is -0.342 e. The standard InChI is InChI=1S/C27H32N2O/c1-4-28-27(3,26-16-10-14-21-13-8-9-15-24(21)26)17-23-18-29(20(2)30)19-25(23)22-11-6-5-7-12-22/h5-16,23,25,28H,4,17-19H2,1-3H3/t23-,25-,27?/m1/s1. The number of hydrogen-bond donors (Lipinski definition) is 1. The summed E-state index contributed by atoms with van der Waals surface area (Å²) >= 11 is 0. The highest BCUT2D eigenvalue weighted by Crippen LogP contribution is 2.41. The van der Waals surface area contributed by atoms with Crippen LogP contribution in [0, 0.1) is 5.92 Å². The van der Waals surface area contributed by atoms with E-state index in [1.54, 1.807) is 6.92 Å². The molecule has 3 atom stereocenters. The van der Waals surface area contributed by atoms with Gasteiger partial charge in [-0.15, -0.1) is 0 Å². The number of likely N-dealkylation sites (tertiary alicyclic amines) is 1. The maximum absolute atomic E-state index is 12.2. The first-order valence-electron chi connectivity index (χ1n) is 11.1. The first-order chi connectivity index (χ1) is 14.5. The van der Waals surface area contributed by atoms with Crippen molar-refractivity contribution >= 4 is 16.7 Å². The molecule has 0 bridgehead atoms. The summed E-state index contributed by atoms with van der Waals surface area (Å²) in [5.41, 5.74) is 2.51. The summed E-state index contributed by atoms with van der Waals surface area (Å²) < 4.78 is 0. The molecule has 1 saturated heterocycles. The molecule has 0 radical (unpaired) electrons. The number of rotatable bonds is 6. The molecule has 3 aromatic carbocycles. The lowest BCUT2D eigenvalue weighted by atomic mass is 9.76. The number of fused-ring (bicyclic) bond motifs is 1. The predicted molar refractivity (Wildman–Crippen MR) is 125 cm³/mol. The summed E-state index contributed by atoms with van der Waals surface area (Å²) in [7, 11) is 0. The van der Waals surface area contributed by atoms with Gasteiger partial charge in [-0.1, -0.05) is 79.7 Å². The quantitative estimate of drug-likeness (QED) is 0.608. The van der Waals surface area contributed by atoms with E-state index >= 15 is 0 Å². The van der Waals surface area contributed by atoms with Crippen LogP contribution in [-0.4, -0.2) is 30.4 Å². The monoisotopic (exact) mass is 400 g/mol. The summed E-state index contributed by atoms with van der Waals surface area (Å²) in [6, 6.07) is 26.0. The second kappa shape index (κ2) is 8.61. The van der Waals surface area contributed by atoms with Crippen LogP contribution in [0.4, 0.5) is 0 Å². The zero-order chi connectivity index (χ0) is 21.1. The van der Waals surface area contributed by atoms with Crippen molar-refractivity contribution in [3.8, 4) is 0 Å². The Morgan fingerprint density at radius 1 is 1.00 bits per heavy atom. The third-order valence-corrected chi connectivity index (χ3v) is 6.74. The largest absolute Gasteiger partial charge is 0.342 e. The summed E-state index contributed by atoms with van der Waals surface area (Å²) in [5, 5.41) is 6.39. The number of hydrogen-bond acceptors (Lipinski definition) is 2. The molecular formula is C27H32N2O. The van der Waals surface area contributed by atoms with Gasteiger partial charge in [-0.3, -0.25) is 4.79 Å². The third-order valence-electron chi connectivity index (χ3n) is 6.74. The Morgan fingerprint density at radius 2 is 1.70 bits per heavy atom. The molecule has 30 heavy (non-hydrogen) atoms. The van der Waals surface area contributed by atoms with Crippen LogP contribution in [0.15, 0.2) is 72.8 Å². The van der Waals surface area contributed by atoms with Crippen LogP contribution in [0.3, 0.4) is 0 Å². The molecule has 4 rings (SSSR count). The van der Waals surface area contributed by atoms with Crippen molar-refractivity contribution in [1.29, 1.82) is 0 Å². The van der Waals surface area contributed by atoms with Crippen molar-refractivity contribution in [3.05, 3.63) is 83.9 Å². The van der Waals surface area contributed by atoms with Crippen molar-refractivity contribution in [3.63, 3.8) is 0 Å². The Hall–Kier alpha value is -2.65. The maximum Gasteiger partial charge on any atom is 0.219 e. The highest BCUT2D eigenvalue weighted by atomic mass is 16.2. The average Bonchev–Trinajstić information content (AvgIpc) is 3.18. The lowest BCUT2D eigenvalue weighted by molar-refractivity contribution is -0.128. The van der Waals surface area contributed by atoms with Gasteiger partial charge < -0.3 is 10.2 Å². The molecule has 1 aliphatic heterocycles. The van der Waals surface area contributed by atoms with E-state index < -0.39 is 0 Å². The molecule has 0 aromatic heterocycles. The fourth-order valence-electron chi connectivity index (χ4n) is 5.31. The topological polar surface area (TPSA) is 32.3 Å². The van der Waals surface area contributed by atoms with Crippen LogP contribution < -0.4 is 5.32 Å². The number of nitrogens with zero attached hydrogens (tertiary/aromatic N) is 1.